The lowest BCUT2D eigenvalue weighted by Gasteiger charge is -2.27. The number of furan rings is 1. The minimum Gasteiger partial charge on any atom is -0.456 e. The van der Waals surface area contributed by atoms with Gasteiger partial charge in [0.15, 0.2) is 17.5 Å². The SMILES string of the molecule is CC1(C)c2cc(-c3nc(-c4ccccc4)nc(-c4ccccc4)n3)ccc2-c2c(-c3ccc4c(c3)oc3ccccc34)cc3c(c21)C=CCC3. The van der Waals surface area contributed by atoms with Crippen LogP contribution in [0.15, 0.2) is 138 Å². The van der Waals surface area contributed by atoms with Crippen molar-refractivity contribution < 1.29 is 4.42 Å². The molecule has 50 heavy (non-hydrogen) atoms. The van der Waals surface area contributed by atoms with Crippen molar-refractivity contribution in [1.29, 1.82) is 0 Å². The Morgan fingerprint density at radius 3 is 1.94 bits per heavy atom. The first kappa shape index (κ1) is 28.8. The Labute approximate surface area is 290 Å². The van der Waals surface area contributed by atoms with E-state index in [9.17, 15) is 0 Å². The summed E-state index contributed by atoms with van der Waals surface area (Å²) < 4.78 is 6.37. The van der Waals surface area contributed by atoms with Gasteiger partial charge >= 0.3 is 0 Å². The topological polar surface area (TPSA) is 51.8 Å². The molecule has 0 fully saturated rings. The lowest BCUT2D eigenvalue weighted by Crippen LogP contribution is -2.18. The zero-order chi connectivity index (χ0) is 33.4. The summed E-state index contributed by atoms with van der Waals surface area (Å²) >= 11 is 0. The highest BCUT2D eigenvalue weighted by molar-refractivity contribution is 6.07. The first-order valence-electron chi connectivity index (χ1n) is 17.3. The summed E-state index contributed by atoms with van der Waals surface area (Å²) in [6.07, 6.45) is 6.77. The Morgan fingerprint density at radius 2 is 1.20 bits per heavy atom. The van der Waals surface area contributed by atoms with E-state index in [1.807, 2.05) is 48.5 Å². The maximum absolute atomic E-state index is 6.37. The van der Waals surface area contributed by atoms with Gasteiger partial charge in [-0.15, -0.1) is 0 Å². The van der Waals surface area contributed by atoms with Crippen LogP contribution in [0.4, 0.5) is 0 Å². The smallest absolute Gasteiger partial charge is 0.164 e. The highest BCUT2D eigenvalue weighted by atomic mass is 16.3. The number of nitrogens with zero attached hydrogens (tertiary/aromatic N) is 3. The van der Waals surface area contributed by atoms with Gasteiger partial charge in [-0.1, -0.05) is 123 Å². The number of allylic oxidation sites excluding steroid dienone is 1. The molecule has 2 aliphatic carbocycles. The Kier molecular flexibility index (Phi) is 6.31. The molecule has 0 atom stereocenters. The van der Waals surface area contributed by atoms with Gasteiger partial charge in [0, 0.05) is 32.9 Å². The summed E-state index contributed by atoms with van der Waals surface area (Å²) in [7, 11) is 0. The lowest BCUT2D eigenvalue weighted by atomic mass is 9.76. The Bertz CT molecular complexity index is 2610. The number of aryl methyl sites for hydroxylation is 1. The van der Waals surface area contributed by atoms with Gasteiger partial charge in [0.2, 0.25) is 0 Å². The summed E-state index contributed by atoms with van der Waals surface area (Å²) in [6, 6.07) is 44.6. The van der Waals surface area contributed by atoms with Crippen LogP contribution in [0.1, 0.15) is 42.5 Å². The fourth-order valence-electron chi connectivity index (χ4n) is 8.13. The number of fused-ring (bicyclic) bond motifs is 8. The first-order valence-corrected chi connectivity index (χ1v) is 17.3. The van der Waals surface area contributed by atoms with Crippen LogP contribution in [-0.4, -0.2) is 15.0 Å². The van der Waals surface area contributed by atoms with Crippen LogP contribution in [0.3, 0.4) is 0 Å². The van der Waals surface area contributed by atoms with Gasteiger partial charge < -0.3 is 4.42 Å². The molecule has 10 rings (SSSR count). The minimum absolute atomic E-state index is 0.247. The quantitative estimate of drug-likeness (QED) is 0.191. The molecule has 2 aliphatic rings. The molecule has 0 radical (unpaired) electrons. The van der Waals surface area contributed by atoms with E-state index >= 15 is 0 Å². The molecule has 0 N–H and O–H groups in total. The van der Waals surface area contributed by atoms with Gasteiger partial charge in [0.1, 0.15) is 11.2 Å². The van der Waals surface area contributed by atoms with Gasteiger partial charge in [-0.3, -0.25) is 0 Å². The number of rotatable bonds is 4. The van der Waals surface area contributed by atoms with Crippen molar-refractivity contribution in [2.75, 3.05) is 0 Å². The number of hydrogen-bond donors (Lipinski definition) is 0. The normalized spacial score (nSPS) is 14.1. The summed E-state index contributed by atoms with van der Waals surface area (Å²) in [5, 5.41) is 2.30. The highest BCUT2D eigenvalue weighted by Crippen LogP contribution is 2.56. The number of hydrogen-bond acceptors (Lipinski definition) is 4. The zero-order valence-electron chi connectivity index (χ0n) is 27.9. The first-order chi connectivity index (χ1) is 24.5. The molecule has 4 nitrogen and oxygen atoms in total. The third-order valence-electron chi connectivity index (χ3n) is 10.6. The fraction of sp³-hybridized carbons (Fsp3) is 0.109. The maximum Gasteiger partial charge on any atom is 0.164 e. The highest BCUT2D eigenvalue weighted by Gasteiger charge is 2.40. The van der Waals surface area contributed by atoms with Crippen molar-refractivity contribution in [2.24, 2.45) is 0 Å². The third kappa shape index (κ3) is 4.41. The molecule has 8 aromatic rings. The Balaban J connectivity index is 1.17. The Hall–Kier alpha value is -6.13. The van der Waals surface area contributed by atoms with Gasteiger partial charge in [-0.2, -0.15) is 0 Å². The van der Waals surface area contributed by atoms with Crippen LogP contribution in [0, 0.1) is 0 Å². The maximum atomic E-state index is 6.37. The van der Waals surface area contributed by atoms with E-state index in [0.29, 0.717) is 17.5 Å². The van der Waals surface area contributed by atoms with E-state index in [1.165, 1.54) is 44.5 Å². The monoisotopic (exact) mass is 643 g/mol. The van der Waals surface area contributed by atoms with Crippen LogP contribution in [0.2, 0.25) is 0 Å². The number of para-hydroxylation sites is 1. The zero-order valence-corrected chi connectivity index (χ0v) is 27.9. The molecule has 6 aromatic carbocycles. The van der Waals surface area contributed by atoms with E-state index in [2.05, 4.69) is 105 Å². The van der Waals surface area contributed by atoms with Crippen molar-refractivity contribution >= 4 is 28.0 Å². The fourth-order valence-corrected chi connectivity index (χ4v) is 8.13. The largest absolute Gasteiger partial charge is 0.456 e. The molecule has 0 saturated carbocycles. The van der Waals surface area contributed by atoms with Crippen LogP contribution >= 0.6 is 0 Å². The van der Waals surface area contributed by atoms with Crippen LogP contribution in [-0.2, 0) is 11.8 Å². The second-order valence-electron chi connectivity index (χ2n) is 13.9. The van der Waals surface area contributed by atoms with Crippen molar-refractivity contribution in [3.8, 4) is 56.4 Å². The molecule has 238 valence electrons. The molecule has 4 heteroatoms. The molecule has 0 spiro atoms. The van der Waals surface area contributed by atoms with Crippen LogP contribution in [0.25, 0.3) is 84.4 Å². The van der Waals surface area contributed by atoms with E-state index in [-0.39, 0.29) is 5.41 Å². The van der Waals surface area contributed by atoms with Gasteiger partial charge in [0.25, 0.3) is 0 Å². The number of benzene rings is 6. The van der Waals surface area contributed by atoms with Crippen LogP contribution in [0.5, 0.6) is 0 Å². The van der Waals surface area contributed by atoms with Gasteiger partial charge in [-0.25, -0.2) is 15.0 Å². The van der Waals surface area contributed by atoms with E-state index in [0.717, 1.165) is 51.5 Å². The standard InChI is InChI=1S/C46H33N3O/c1-46(2)38-26-32(45-48-43(28-13-5-3-6-14-28)47-44(49-45)29-15-7-4-8-16-29)22-24-36(38)41-37(25-30-17-9-10-18-33(30)42(41)46)31-21-23-35-34-19-11-12-20-39(34)50-40(35)27-31/h3-8,10-16,18-27H,9,17H2,1-2H3. The summed E-state index contributed by atoms with van der Waals surface area (Å²) in [5.41, 5.74) is 14.9. The summed E-state index contributed by atoms with van der Waals surface area (Å²) in [6.45, 7) is 4.74. The predicted molar refractivity (Wildman–Crippen MR) is 204 cm³/mol. The van der Waals surface area contributed by atoms with Crippen LogP contribution < -0.4 is 0 Å². The molecule has 0 saturated heterocycles. The molecule has 0 unspecified atom stereocenters. The summed E-state index contributed by atoms with van der Waals surface area (Å²) in [4.78, 5) is 15.0. The minimum atomic E-state index is -0.247. The van der Waals surface area contributed by atoms with Gasteiger partial charge in [-0.05, 0) is 87.7 Å². The number of aromatic nitrogens is 3. The molecule has 0 bridgehead atoms. The predicted octanol–water partition coefficient (Wildman–Crippen LogP) is 11.7. The van der Waals surface area contributed by atoms with E-state index < -0.39 is 0 Å². The molecule has 2 heterocycles. The average Bonchev–Trinajstić information content (AvgIpc) is 3.66. The third-order valence-corrected chi connectivity index (χ3v) is 10.6. The molecule has 0 amide bonds. The molecule has 2 aromatic heterocycles. The lowest BCUT2D eigenvalue weighted by molar-refractivity contribution is 0.657. The second-order valence-corrected chi connectivity index (χ2v) is 13.9. The van der Waals surface area contributed by atoms with Crippen molar-refractivity contribution in [1.82, 2.24) is 15.0 Å². The molecular weight excluding hydrogens is 611 g/mol. The summed E-state index contributed by atoms with van der Waals surface area (Å²) in [5.74, 6) is 2.00. The molecular formula is C46H33N3O. The van der Waals surface area contributed by atoms with Crippen molar-refractivity contribution in [2.45, 2.75) is 32.1 Å². The Morgan fingerprint density at radius 1 is 0.560 bits per heavy atom. The second kappa shape index (κ2) is 10.9. The average molecular weight is 644 g/mol. The van der Waals surface area contributed by atoms with Crippen molar-refractivity contribution in [3.05, 3.63) is 156 Å². The van der Waals surface area contributed by atoms with Gasteiger partial charge in [0.05, 0.1) is 0 Å². The van der Waals surface area contributed by atoms with E-state index in [1.54, 1.807) is 0 Å². The van der Waals surface area contributed by atoms with Crippen molar-refractivity contribution in [3.63, 3.8) is 0 Å². The van der Waals surface area contributed by atoms with E-state index in [4.69, 9.17) is 19.4 Å². The molecule has 0 aliphatic heterocycles.